The van der Waals surface area contributed by atoms with E-state index in [2.05, 4.69) is 26.8 Å². The van der Waals surface area contributed by atoms with E-state index < -0.39 is 0 Å². The summed E-state index contributed by atoms with van der Waals surface area (Å²) in [5, 5.41) is 0. The van der Waals surface area contributed by atoms with E-state index >= 15 is 0 Å². The van der Waals surface area contributed by atoms with Crippen LogP contribution in [0.15, 0.2) is 12.2 Å². The number of rotatable bonds is 18. The molecule has 0 heteroatoms. The first-order valence-corrected chi connectivity index (χ1v) is 10.6. The van der Waals surface area contributed by atoms with Crippen LogP contribution in [-0.2, 0) is 0 Å². The molecule has 0 heterocycles. The van der Waals surface area contributed by atoms with Crippen molar-refractivity contribution in [3.05, 3.63) is 26.0 Å². The Bertz CT molecular complexity index is 228. The van der Waals surface area contributed by atoms with E-state index in [4.69, 9.17) is 0 Å². The average Bonchev–Trinajstić information content (AvgIpc) is 2.57. The van der Waals surface area contributed by atoms with E-state index in [1.54, 1.807) is 0 Å². The van der Waals surface area contributed by atoms with Gasteiger partial charge in [-0.15, -0.1) is 0 Å². The summed E-state index contributed by atoms with van der Waals surface area (Å²) in [6, 6.07) is 0. The van der Waals surface area contributed by atoms with E-state index in [9.17, 15) is 0 Å². The first-order chi connectivity index (χ1) is 11.3. The Kier molecular flexibility index (Phi) is 19.6. The zero-order valence-corrected chi connectivity index (χ0v) is 16.2. The average molecular weight is 321 g/mol. The highest BCUT2D eigenvalue weighted by molar-refractivity contribution is 4.83. The van der Waals surface area contributed by atoms with Crippen LogP contribution in [0.5, 0.6) is 0 Å². The van der Waals surface area contributed by atoms with Crippen LogP contribution in [0.4, 0.5) is 0 Å². The molecule has 0 aromatic rings. The van der Waals surface area contributed by atoms with Crippen LogP contribution < -0.4 is 0 Å². The Labute approximate surface area is 148 Å². The van der Waals surface area contributed by atoms with Gasteiger partial charge in [-0.25, -0.2) is 0 Å². The first kappa shape index (κ1) is 22.7. The molecule has 0 saturated heterocycles. The zero-order valence-electron chi connectivity index (χ0n) is 16.2. The maximum atomic E-state index is 3.92. The molecule has 0 saturated carbocycles. The van der Waals surface area contributed by atoms with Crippen molar-refractivity contribution >= 4 is 0 Å². The number of hydrogen-bond donors (Lipinski definition) is 0. The second-order valence-electron chi connectivity index (χ2n) is 7.21. The lowest BCUT2D eigenvalue weighted by Crippen LogP contribution is -1.99. The van der Waals surface area contributed by atoms with Gasteiger partial charge in [0.25, 0.3) is 0 Å². The lowest BCUT2D eigenvalue weighted by atomic mass is 9.92. The number of allylic oxidation sites excluding steroid dienone is 2. The van der Waals surface area contributed by atoms with Crippen LogP contribution >= 0.6 is 0 Å². The van der Waals surface area contributed by atoms with Crippen LogP contribution in [0.2, 0.25) is 0 Å². The Morgan fingerprint density at radius 1 is 0.696 bits per heavy atom. The number of hydrogen-bond acceptors (Lipinski definition) is 0. The van der Waals surface area contributed by atoms with Crippen LogP contribution in [0.3, 0.4) is 0 Å². The van der Waals surface area contributed by atoms with Gasteiger partial charge in [-0.3, -0.25) is 0 Å². The molecule has 23 heavy (non-hydrogen) atoms. The molecule has 0 fully saturated rings. The third kappa shape index (κ3) is 17.9. The second-order valence-corrected chi connectivity index (χ2v) is 7.21. The number of unbranched alkanes of at least 4 members (excludes halogenated alkanes) is 12. The van der Waals surface area contributed by atoms with Crippen molar-refractivity contribution in [3.63, 3.8) is 0 Å². The fraction of sp³-hybridized carbons (Fsp3) is 0.826. The summed E-state index contributed by atoms with van der Waals surface area (Å²) in [5.41, 5.74) is 0. The van der Waals surface area contributed by atoms with Gasteiger partial charge in [0.1, 0.15) is 0 Å². The second kappa shape index (κ2) is 19.8. The van der Waals surface area contributed by atoms with Crippen LogP contribution in [0.25, 0.3) is 0 Å². The minimum Gasteiger partial charge on any atom is -0.0885 e. The van der Waals surface area contributed by atoms with Gasteiger partial charge in [-0.2, -0.15) is 0 Å². The van der Waals surface area contributed by atoms with Crippen molar-refractivity contribution in [2.75, 3.05) is 0 Å². The standard InChI is InChI=1S/C23H44/c1-4-7-9-11-13-14-15-16-18-20-22-23(6-3)21-19-17-12-10-8-5-2/h4,7,23H,1-2,5-6,8-22H2,3H3. The molecule has 0 N–H and O–H groups in total. The molecule has 136 valence electrons. The summed E-state index contributed by atoms with van der Waals surface area (Å²) in [6.07, 6.45) is 27.8. The Hall–Kier alpha value is -0.260. The molecule has 1 unspecified atom stereocenters. The van der Waals surface area contributed by atoms with Gasteiger partial charge in [0.05, 0.1) is 0 Å². The van der Waals surface area contributed by atoms with E-state index in [0.29, 0.717) is 0 Å². The van der Waals surface area contributed by atoms with Crippen LogP contribution in [-0.4, -0.2) is 0 Å². The van der Waals surface area contributed by atoms with E-state index in [-0.39, 0.29) is 0 Å². The summed E-state index contributed by atoms with van der Waals surface area (Å²) in [5.74, 6) is 0.997. The predicted octanol–water partition coefficient (Wildman–Crippen LogP) is 8.48. The normalized spacial score (nSPS) is 13.0. The molecule has 0 aliphatic carbocycles. The molecule has 0 amide bonds. The Morgan fingerprint density at radius 3 is 1.65 bits per heavy atom. The summed E-state index contributed by atoms with van der Waals surface area (Å²) < 4.78 is 0. The molecule has 0 bridgehead atoms. The molecule has 1 atom stereocenters. The van der Waals surface area contributed by atoms with Gasteiger partial charge in [-0.05, 0) is 25.7 Å². The van der Waals surface area contributed by atoms with E-state index in [1.165, 1.54) is 103 Å². The zero-order chi connectivity index (χ0) is 17.0. The quantitative estimate of drug-likeness (QED) is 0.222. The predicted molar refractivity (Wildman–Crippen MR) is 108 cm³/mol. The van der Waals surface area contributed by atoms with Crippen molar-refractivity contribution in [2.24, 2.45) is 5.92 Å². The van der Waals surface area contributed by atoms with E-state index in [1.807, 2.05) is 6.08 Å². The SMILES string of the molecule is [CH2]C=CCCCCCCCCCC(CC)CCCCCCC[CH2]. The van der Waals surface area contributed by atoms with Crippen LogP contribution in [0.1, 0.15) is 116 Å². The van der Waals surface area contributed by atoms with E-state index in [0.717, 1.165) is 12.3 Å². The fourth-order valence-corrected chi connectivity index (χ4v) is 3.39. The summed E-state index contributed by atoms with van der Waals surface area (Å²) in [7, 11) is 0. The maximum Gasteiger partial charge on any atom is -0.0316 e. The monoisotopic (exact) mass is 320 g/mol. The molecule has 2 radical (unpaired) electrons. The highest BCUT2D eigenvalue weighted by Gasteiger charge is 2.05. The molecule has 0 aromatic carbocycles. The first-order valence-electron chi connectivity index (χ1n) is 10.6. The van der Waals surface area contributed by atoms with Crippen molar-refractivity contribution in [2.45, 2.75) is 116 Å². The maximum absolute atomic E-state index is 3.92. The molecule has 0 aromatic heterocycles. The highest BCUT2D eigenvalue weighted by Crippen LogP contribution is 2.21. The van der Waals surface area contributed by atoms with Crippen molar-refractivity contribution in [3.8, 4) is 0 Å². The van der Waals surface area contributed by atoms with Crippen LogP contribution in [0, 0.1) is 19.8 Å². The van der Waals surface area contributed by atoms with Gasteiger partial charge in [-0.1, -0.05) is 122 Å². The topological polar surface area (TPSA) is 0 Å². The largest absolute Gasteiger partial charge is 0.0885 e. The molecule has 0 aliphatic rings. The third-order valence-electron chi connectivity index (χ3n) is 5.09. The molecule has 0 spiro atoms. The molecule has 0 rings (SSSR count). The minimum absolute atomic E-state index is 0.997. The van der Waals surface area contributed by atoms with Crippen molar-refractivity contribution in [1.82, 2.24) is 0 Å². The van der Waals surface area contributed by atoms with Crippen molar-refractivity contribution in [1.29, 1.82) is 0 Å². The fourth-order valence-electron chi connectivity index (χ4n) is 3.39. The third-order valence-corrected chi connectivity index (χ3v) is 5.09. The highest BCUT2D eigenvalue weighted by atomic mass is 14.1. The summed E-state index contributed by atoms with van der Waals surface area (Å²) in [6.45, 7) is 10.0. The molecule has 0 nitrogen and oxygen atoms in total. The van der Waals surface area contributed by atoms with Gasteiger partial charge in [0.2, 0.25) is 0 Å². The lowest BCUT2D eigenvalue weighted by Gasteiger charge is -2.14. The lowest BCUT2D eigenvalue weighted by molar-refractivity contribution is 0.392. The molecule has 0 aliphatic heterocycles. The summed E-state index contributed by atoms with van der Waals surface area (Å²) >= 11 is 0. The Balaban J connectivity index is 3.29. The Morgan fingerprint density at radius 2 is 1.17 bits per heavy atom. The van der Waals surface area contributed by atoms with Gasteiger partial charge in [0, 0.05) is 0 Å². The van der Waals surface area contributed by atoms with Crippen molar-refractivity contribution < 1.29 is 0 Å². The molecular formula is C23H44. The van der Waals surface area contributed by atoms with Gasteiger partial charge in [0.15, 0.2) is 0 Å². The summed E-state index contributed by atoms with van der Waals surface area (Å²) in [4.78, 5) is 0. The molecular weight excluding hydrogens is 276 g/mol. The van der Waals surface area contributed by atoms with Gasteiger partial charge >= 0.3 is 0 Å². The smallest absolute Gasteiger partial charge is 0.0316 e. The minimum atomic E-state index is 0.997. The van der Waals surface area contributed by atoms with Gasteiger partial charge < -0.3 is 0 Å².